The second-order valence-electron chi connectivity index (χ2n) is 9.10. The number of anilines is 1. The number of nitrogens with zero attached hydrogens (tertiary/aromatic N) is 3. The van der Waals surface area contributed by atoms with E-state index in [1.54, 1.807) is 24.2 Å². The monoisotopic (exact) mass is 543 g/mol. The zero-order valence-electron chi connectivity index (χ0n) is 21.6. The van der Waals surface area contributed by atoms with Gasteiger partial charge in [0.15, 0.2) is 0 Å². The van der Waals surface area contributed by atoms with Crippen LogP contribution in [0.3, 0.4) is 0 Å². The summed E-state index contributed by atoms with van der Waals surface area (Å²) in [5, 5.41) is 0. The van der Waals surface area contributed by atoms with Crippen LogP contribution in [0.4, 0.5) is 23.7 Å². The van der Waals surface area contributed by atoms with Crippen LogP contribution in [0.25, 0.3) is 0 Å². The summed E-state index contributed by atoms with van der Waals surface area (Å²) in [6, 6.07) is 7.99. The van der Waals surface area contributed by atoms with Crippen LogP contribution in [0.15, 0.2) is 49.1 Å². The van der Waals surface area contributed by atoms with Gasteiger partial charge in [-0.05, 0) is 38.2 Å². The number of halogens is 3. The molecule has 2 saturated heterocycles. The lowest BCUT2D eigenvalue weighted by atomic mass is 9.95. The molecule has 1 aromatic rings. The second kappa shape index (κ2) is 13.8. The number of piperidine rings is 2. The Balaban J connectivity index is 0.000000248. The minimum atomic E-state index is -4.75. The maximum Gasteiger partial charge on any atom is 0.471 e. The quantitative estimate of drug-likeness (QED) is 0.489. The summed E-state index contributed by atoms with van der Waals surface area (Å²) in [6.45, 7) is 12.9. The maximum atomic E-state index is 12.1. The molecular formula is C26H36F3N3O4S. The van der Waals surface area contributed by atoms with Crippen LogP contribution in [0.1, 0.15) is 38.7 Å². The summed E-state index contributed by atoms with van der Waals surface area (Å²) in [5.74, 6) is -1.79. The van der Waals surface area contributed by atoms with Gasteiger partial charge in [0.25, 0.3) is 0 Å². The number of cyclic esters (lactones) is 1. The average Bonchev–Trinajstić information content (AvgIpc) is 2.85. The number of hydrogen-bond donors (Lipinski definition) is 0. The third kappa shape index (κ3) is 8.43. The third-order valence-electron chi connectivity index (χ3n) is 6.37. The summed E-state index contributed by atoms with van der Waals surface area (Å²) in [6.07, 6.45) is 0.540. The van der Waals surface area contributed by atoms with E-state index in [9.17, 15) is 27.0 Å². The molecule has 0 spiro atoms. The van der Waals surface area contributed by atoms with Gasteiger partial charge in [-0.2, -0.15) is 13.2 Å². The van der Waals surface area contributed by atoms with Gasteiger partial charge >= 0.3 is 18.2 Å². The second-order valence-corrected chi connectivity index (χ2v) is 10.5. The molecule has 37 heavy (non-hydrogen) atoms. The molecule has 0 saturated carbocycles. The van der Waals surface area contributed by atoms with Crippen molar-refractivity contribution in [3.8, 4) is 0 Å². The van der Waals surface area contributed by atoms with Crippen molar-refractivity contribution in [2.45, 2.75) is 51.9 Å². The van der Waals surface area contributed by atoms with Crippen molar-refractivity contribution in [1.29, 1.82) is 0 Å². The maximum absolute atomic E-state index is 12.1. The first-order valence-corrected chi connectivity index (χ1v) is 13.6. The molecule has 2 fully saturated rings. The van der Waals surface area contributed by atoms with Crippen LogP contribution in [-0.4, -0.2) is 70.1 Å². The number of rotatable bonds is 2. The van der Waals surface area contributed by atoms with Gasteiger partial charge < -0.3 is 9.64 Å². The minimum absolute atomic E-state index is 0.0463. The van der Waals surface area contributed by atoms with Crippen molar-refractivity contribution in [3.63, 3.8) is 0 Å². The fourth-order valence-corrected chi connectivity index (χ4v) is 5.04. The molecule has 0 radical (unpaired) electrons. The molecule has 2 amide bonds. The van der Waals surface area contributed by atoms with Crippen LogP contribution >= 0.6 is 0 Å². The number of carbonyl (C=O) groups is 2. The molecule has 3 aliphatic rings. The molecule has 206 valence electrons. The zero-order chi connectivity index (χ0) is 27.8. The Hall–Kier alpha value is -2.66. The van der Waals surface area contributed by atoms with E-state index < -0.39 is 23.1 Å². The molecule has 7 nitrogen and oxygen atoms in total. The van der Waals surface area contributed by atoms with Crippen LogP contribution in [0.5, 0.6) is 0 Å². The molecule has 0 N–H and O–H groups in total. The molecule has 0 aromatic heterocycles. The highest BCUT2D eigenvalue weighted by atomic mass is 32.2. The van der Waals surface area contributed by atoms with E-state index >= 15 is 0 Å². The van der Waals surface area contributed by atoms with Crippen molar-refractivity contribution >= 4 is 28.7 Å². The number of alkyl halides is 3. The number of fused-ring (bicyclic) bond motifs is 1. The Morgan fingerprint density at radius 1 is 1.19 bits per heavy atom. The molecule has 4 rings (SSSR count). The van der Waals surface area contributed by atoms with E-state index in [0.717, 1.165) is 47.7 Å². The lowest BCUT2D eigenvalue weighted by molar-refractivity contribution is -0.186. The van der Waals surface area contributed by atoms with Gasteiger partial charge in [0.1, 0.15) is 6.61 Å². The summed E-state index contributed by atoms with van der Waals surface area (Å²) >= 11 is 0. The first kappa shape index (κ1) is 30.6. The number of benzene rings is 1. The smallest absolute Gasteiger partial charge is 0.444 e. The lowest BCUT2D eigenvalue weighted by Gasteiger charge is -2.39. The number of amides is 2. The first-order valence-electron chi connectivity index (χ1n) is 12.1. The van der Waals surface area contributed by atoms with Gasteiger partial charge in [-0.1, -0.05) is 43.4 Å². The molecular weight excluding hydrogens is 507 g/mol. The molecule has 1 aromatic carbocycles. The molecule has 0 aliphatic carbocycles. The zero-order valence-corrected chi connectivity index (χ0v) is 22.4. The number of ether oxygens (including phenoxy) is 1. The van der Waals surface area contributed by atoms with Crippen LogP contribution < -0.4 is 4.90 Å². The highest BCUT2D eigenvalue weighted by Crippen LogP contribution is 2.32. The van der Waals surface area contributed by atoms with E-state index in [1.807, 2.05) is 35.5 Å². The number of para-hydroxylation sites is 1. The van der Waals surface area contributed by atoms with E-state index in [0.29, 0.717) is 13.0 Å². The Morgan fingerprint density at radius 2 is 1.78 bits per heavy atom. The summed E-state index contributed by atoms with van der Waals surface area (Å²) in [5.41, 5.74) is 2.92. The number of carbonyl (C=O) groups excluding carboxylic acids is 2. The van der Waals surface area contributed by atoms with E-state index in [-0.39, 0.29) is 31.1 Å². The Morgan fingerprint density at radius 3 is 2.32 bits per heavy atom. The summed E-state index contributed by atoms with van der Waals surface area (Å²) in [7, 11) is -0.927. The number of hydrogen-bond acceptors (Lipinski definition) is 4. The van der Waals surface area contributed by atoms with Gasteiger partial charge in [-0.15, -0.1) is 6.58 Å². The van der Waals surface area contributed by atoms with E-state index in [2.05, 4.69) is 13.2 Å². The fraction of sp³-hybridized carbons (Fsp3) is 0.538. The first-order chi connectivity index (χ1) is 17.4. The topological polar surface area (TPSA) is 70.2 Å². The standard InChI is InChI=1S/C14H18N2O3S.C9H12F3NO.C3H6/c1-20(18)15-8-6-12(7-9-15)16-13-5-3-2-4-11(13)10-19-14(16)17;1-6-3-4-13(5-7(6)2)8(14)9(10,11)12;1-3-2/h2-5,12H,6-10H2,1H3;7H,1,3-5H2,2H3;3H,1H2,2H3. The molecule has 3 aliphatic heterocycles. The van der Waals surface area contributed by atoms with E-state index in [1.165, 1.54) is 0 Å². The molecule has 3 heterocycles. The SMILES string of the molecule is C=C1CCN(C(=O)C(F)(F)F)CC1C.C=CC.CS(=O)N1CCC(N2C(=O)OCc3ccccc32)CC1. The Bertz CT molecular complexity index is 994. The predicted molar refractivity (Wildman–Crippen MR) is 139 cm³/mol. The van der Waals surface area contributed by atoms with Crippen molar-refractivity contribution in [2.75, 3.05) is 37.3 Å². The fourth-order valence-electron chi connectivity index (χ4n) is 4.32. The number of likely N-dealkylation sites (tertiary alicyclic amines) is 1. The van der Waals surface area contributed by atoms with Crippen LogP contribution in [-0.2, 0) is 27.1 Å². The lowest BCUT2D eigenvalue weighted by Crippen LogP contribution is -2.49. The van der Waals surface area contributed by atoms with Crippen molar-refractivity contribution in [1.82, 2.24) is 9.21 Å². The Labute approximate surface area is 219 Å². The van der Waals surface area contributed by atoms with Gasteiger partial charge in [-0.25, -0.2) is 13.3 Å². The Kier molecular flexibility index (Phi) is 11.4. The van der Waals surface area contributed by atoms with Crippen molar-refractivity contribution in [3.05, 3.63) is 54.6 Å². The molecule has 2 atom stereocenters. The predicted octanol–water partition coefficient (Wildman–Crippen LogP) is 5.07. The summed E-state index contributed by atoms with van der Waals surface area (Å²) in [4.78, 5) is 25.6. The van der Waals surface area contributed by atoms with Crippen LogP contribution in [0, 0.1) is 5.92 Å². The summed E-state index contributed by atoms with van der Waals surface area (Å²) < 4.78 is 54.8. The van der Waals surface area contributed by atoms with Gasteiger partial charge in [0.05, 0.1) is 16.7 Å². The van der Waals surface area contributed by atoms with Crippen LogP contribution in [0.2, 0.25) is 0 Å². The number of allylic oxidation sites excluding steroid dienone is 1. The van der Waals surface area contributed by atoms with Crippen molar-refractivity contribution < 1.29 is 31.7 Å². The third-order valence-corrected chi connectivity index (χ3v) is 7.47. The molecule has 0 bridgehead atoms. The highest BCUT2D eigenvalue weighted by Gasteiger charge is 2.43. The normalized spacial score (nSPS) is 21.4. The average molecular weight is 544 g/mol. The molecule has 11 heteroatoms. The van der Waals surface area contributed by atoms with E-state index in [4.69, 9.17) is 4.74 Å². The van der Waals surface area contributed by atoms with Gasteiger partial charge in [0.2, 0.25) is 0 Å². The molecule has 2 unspecified atom stereocenters. The van der Waals surface area contributed by atoms with Crippen molar-refractivity contribution in [2.24, 2.45) is 5.92 Å². The van der Waals surface area contributed by atoms with Gasteiger partial charge in [-0.3, -0.25) is 9.69 Å². The minimum Gasteiger partial charge on any atom is -0.444 e. The largest absolute Gasteiger partial charge is 0.471 e. The van der Waals surface area contributed by atoms with Gasteiger partial charge in [0, 0.05) is 44.0 Å². The highest BCUT2D eigenvalue weighted by molar-refractivity contribution is 7.81.